The second kappa shape index (κ2) is 13.9. The Hall–Kier alpha value is -2.23. The van der Waals surface area contributed by atoms with Crippen LogP contribution in [0.2, 0.25) is 0 Å². The summed E-state index contributed by atoms with van der Waals surface area (Å²) in [4.78, 5) is 21.6. The molecule has 0 radical (unpaired) electrons. The Kier molecular flexibility index (Phi) is 12.8. The van der Waals surface area contributed by atoms with Crippen LogP contribution in [0.15, 0.2) is 72.8 Å². The summed E-state index contributed by atoms with van der Waals surface area (Å²) in [6.07, 6.45) is 0. The highest BCUT2D eigenvalue weighted by Gasteiger charge is 2.00. The van der Waals surface area contributed by atoms with E-state index in [-0.39, 0.29) is 0 Å². The topological polar surface area (TPSA) is 77.8 Å². The van der Waals surface area contributed by atoms with Gasteiger partial charge in [-0.3, -0.25) is 0 Å². The first-order valence-corrected chi connectivity index (χ1v) is 10.8. The Balaban J connectivity index is 0.000000367. The van der Waals surface area contributed by atoms with Crippen LogP contribution in [-0.4, -0.2) is 14.7 Å². The van der Waals surface area contributed by atoms with Crippen LogP contribution < -0.4 is 0 Å². The fourth-order valence-corrected chi connectivity index (χ4v) is 1.99. The molecule has 158 valence electrons. The van der Waals surface area contributed by atoms with Gasteiger partial charge in [0.2, 0.25) is 0 Å². The van der Waals surface area contributed by atoms with E-state index in [1.807, 2.05) is 0 Å². The molecular formula is C24H33O4P. The second-order valence-electron chi connectivity index (χ2n) is 6.77. The van der Waals surface area contributed by atoms with Crippen LogP contribution in [0.3, 0.4) is 0 Å². The zero-order valence-electron chi connectivity index (χ0n) is 18.1. The van der Waals surface area contributed by atoms with Crippen molar-refractivity contribution in [1.82, 2.24) is 0 Å². The summed E-state index contributed by atoms with van der Waals surface area (Å²) in [5.74, 6) is 0. The van der Waals surface area contributed by atoms with Gasteiger partial charge in [0.15, 0.2) is 0 Å². The average Bonchev–Trinajstić information content (AvgIpc) is 2.62. The number of hydrogen-bond acceptors (Lipinski definition) is 1. The van der Waals surface area contributed by atoms with Crippen LogP contribution in [-0.2, 0) is 4.57 Å². The summed E-state index contributed by atoms with van der Waals surface area (Å²) in [6.45, 7) is 12.7. The minimum atomic E-state index is -4.64. The molecular weight excluding hydrogens is 383 g/mol. The number of phosphoric acid groups is 1. The Labute approximate surface area is 175 Å². The van der Waals surface area contributed by atoms with Gasteiger partial charge in [-0.15, -0.1) is 0 Å². The Bertz CT molecular complexity index is 726. The van der Waals surface area contributed by atoms with E-state index in [4.69, 9.17) is 19.2 Å². The van der Waals surface area contributed by atoms with Crippen molar-refractivity contribution in [1.29, 1.82) is 0 Å². The maximum Gasteiger partial charge on any atom is 0.466 e. The first-order chi connectivity index (χ1) is 13.4. The van der Waals surface area contributed by atoms with Gasteiger partial charge in [0.25, 0.3) is 0 Å². The summed E-state index contributed by atoms with van der Waals surface area (Å²) in [7, 11) is -4.64. The van der Waals surface area contributed by atoms with E-state index in [1.165, 1.54) is 33.4 Å². The monoisotopic (exact) mass is 416 g/mol. The fourth-order valence-electron chi connectivity index (χ4n) is 1.99. The molecule has 0 aromatic heterocycles. The molecule has 0 saturated carbocycles. The molecule has 3 aromatic rings. The van der Waals surface area contributed by atoms with Crippen LogP contribution in [0.5, 0.6) is 0 Å². The van der Waals surface area contributed by atoms with Gasteiger partial charge in [0.05, 0.1) is 0 Å². The summed E-state index contributed by atoms with van der Waals surface area (Å²) < 4.78 is 8.88. The molecule has 0 atom stereocenters. The van der Waals surface area contributed by atoms with E-state index >= 15 is 0 Å². The van der Waals surface area contributed by atoms with Crippen molar-refractivity contribution < 1.29 is 19.2 Å². The van der Waals surface area contributed by atoms with Crippen LogP contribution >= 0.6 is 7.82 Å². The normalized spacial score (nSPS) is 9.69. The van der Waals surface area contributed by atoms with E-state index in [2.05, 4.69) is 114 Å². The van der Waals surface area contributed by atoms with Gasteiger partial charge in [0.1, 0.15) is 0 Å². The van der Waals surface area contributed by atoms with E-state index in [0.717, 1.165) is 0 Å². The molecule has 3 aromatic carbocycles. The molecule has 4 nitrogen and oxygen atoms in total. The van der Waals surface area contributed by atoms with Crippen molar-refractivity contribution in [3.05, 3.63) is 106 Å². The molecule has 0 amide bonds. The van der Waals surface area contributed by atoms with Gasteiger partial charge >= 0.3 is 7.82 Å². The van der Waals surface area contributed by atoms with Crippen LogP contribution in [0.4, 0.5) is 0 Å². The molecule has 0 bridgehead atoms. The maximum atomic E-state index is 8.88. The van der Waals surface area contributed by atoms with Gasteiger partial charge < -0.3 is 14.7 Å². The van der Waals surface area contributed by atoms with Crippen LogP contribution in [0.1, 0.15) is 33.4 Å². The summed E-state index contributed by atoms with van der Waals surface area (Å²) >= 11 is 0. The Morgan fingerprint density at radius 2 is 0.552 bits per heavy atom. The molecule has 0 aliphatic carbocycles. The van der Waals surface area contributed by atoms with E-state index in [9.17, 15) is 0 Å². The Morgan fingerprint density at radius 3 is 0.621 bits per heavy atom. The van der Waals surface area contributed by atoms with Gasteiger partial charge in [-0.2, -0.15) is 0 Å². The third-order valence-electron chi connectivity index (χ3n) is 4.28. The lowest BCUT2D eigenvalue weighted by molar-refractivity contribution is 0.275. The minimum absolute atomic E-state index is 1.37. The smallest absolute Gasteiger partial charge is 0.303 e. The lowest BCUT2D eigenvalue weighted by Gasteiger charge is -1.93. The summed E-state index contributed by atoms with van der Waals surface area (Å²) in [6, 6.07) is 25.1. The van der Waals surface area contributed by atoms with Crippen molar-refractivity contribution in [3.8, 4) is 0 Å². The molecule has 0 heterocycles. The van der Waals surface area contributed by atoms with Crippen molar-refractivity contribution in [3.63, 3.8) is 0 Å². The molecule has 5 heteroatoms. The molecule has 0 spiro atoms. The number of aryl methyl sites for hydroxylation is 6. The molecule has 0 fully saturated rings. The van der Waals surface area contributed by atoms with Gasteiger partial charge in [-0.25, -0.2) is 4.57 Å². The van der Waals surface area contributed by atoms with Crippen LogP contribution in [0.25, 0.3) is 0 Å². The average molecular weight is 416 g/mol. The largest absolute Gasteiger partial charge is 0.466 e. The lowest BCUT2D eigenvalue weighted by Crippen LogP contribution is -1.74. The fraction of sp³-hybridized carbons (Fsp3) is 0.250. The molecule has 0 aliphatic rings. The zero-order valence-corrected chi connectivity index (χ0v) is 19.0. The highest BCUT2D eigenvalue weighted by molar-refractivity contribution is 7.45. The summed E-state index contributed by atoms with van der Waals surface area (Å²) in [5.41, 5.74) is 8.21. The van der Waals surface area contributed by atoms with Crippen molar-refractivity contribution in [2.45, 2.75) is 41.5 Å². The molecule has 0 aliphatic heterocycles. The quantitative estimate of drug-likeness (QED) is 0.394. The molecule has 3 N–H and O–H groups in total. The lowest BCUT2D eigenvalue weighted by atomic mass is 10.1. The van der Waals surface area contributed by atoms with Gasteiger partial charge in [-0.1, -0.05) is 72.8 Å². The first kappa shape index (κ1) is 26.8. The van der Waals surface area contributed by atoms with E-state index in [0.29, 0.717) is 0 Å². The SMILES string of the molecule is Cc1ccccc1C.Cc1ccccc1C.Cc1ccccc1C.O=P(O)(O)O. The third-order valence-corrected chi connectivity index (χ3v) is 4.28. The highest BCUT2D eigenvalue weighted by Crippen LogP contribution is 2.25. The van der Waals surface area contributed by atoms with Crippen molar-refractivity contribution in [2.24, 2.45) is 0 Å². The Morgan fingerprint density at radius 1 is 0.448 bits per heavy atom. The maximum absolute atomic E-state index is 8.88. The van der Waals surface area contributed by atoms with Crippen molar-refractivity contribution in [2.75, 3.05) is 0 Å². The second-order valence-corrected chi connectivity index (χ2v) is 7.79. The number of benzene rings is 3. The molecule has 0 unspecified atom stereocenters. The molecule has 29 heavy (non-hydrogen) atoms. The zero-order chi connectivity index (χ0) is 22.4. The first-order valence-electron chi connectivity index (χ1n) is 9.26. The molecule has 3 rings (SSSR count). The standard InChI is InChI=1S/3C8H10.H3O4P/c3*1-7-5-3-4-6-8(7)2;1-5(2,3)4/h3*3-6H,1-2H3;(H3,1,2,3,4). The van der Waals surface area contributed by atoms with Gasteiger partial charge in [-0.05, 0) is 74.9 Å². The van der Waals surface area contributed by atoms with Crippen LogP contribution in [0, 0.1) is 41.5 Å². The van der Waals surface area contributed by atoms with Gasteiger partial charge in [0, 0.05) is 0 Å². The number of rotatable bonds is 0. The number of hydrogen-bond donors (Lipinski definition) is 3. The summed E-state index contributed by atoms with van der Waals surface area (Å²) in [5, 5.41) is 0. The predicted molar refractivity (Wildman–Crippen MR) is 122 cm³/mol. The van der Waals surface area contributed by atoms with E-state index in [1.54, 1.807) is 0 Å². The predicted octanol–water partition coefficient (Wildman–Crippen LogP) is 5.98. The third kappa shape index (κ3) is 15.4. The minimum Gasteiger partial charge on any atom is -0.303 e. The van der Waals surface area contributed by atoms with Crippen molar-refractivity contribution >= 4 is 7.82 Å². The molecule has 0 saturated heterocycles. The highest BCUT2D eigenvalue weighted by atomic mass is 31.2. The van der Waals surface area contributed by atoms with E-state index < -0.39 is 7.82 Å².